The van der Waals surface area contributed by atoms with Crippen LogP contribution in [0.3, 0.4) is 0 Å². The van der Waals surface area contributed by atoms with E-state index in [-0.39, 0.29) is 0 Å². The van der Waals surface area contributed by atoms with Gasteiger partial charge in [0.2, 0.25) is 0 Å². The molecule has 1 aliphatic rings. The van der Waals surface area contributed by atoms with Gasteiger partial charge in [-0.3, -0.25) is 0 Å². The van der Waals surface area contributed by atoms with Crippen molar-refractivity contribution in [2.24, 2.45) is 0 Å². The fraction of sp³-hybridized carbons (Fsp3) is 0.222. The van der Waals surface area contributed by atoms with Gasteiger partial charge in [0.25, 0.3) is 0 Å². The molecule has 0 N–H and O–H groups in total. The van der Waals surface area contributed by atoms with E-state index in [2.05, 4.69) is 57.4 Å². The first-order valence-corrected chi connectivity index (χ1v) is 10.4. The van der Waals surface area contributed by atoms with Crippen LogP contribution in [0.25, 0.3) is 17.1 Å². The van der Waals surface area contributed by atoms with Crippen molar-refractivity contribution in [1.29, 1.82) is 0 Å². The Labute approximate surface area is 168 Å². The van der Waals surface area contributed by atoms with E-state index in [0.29, 0.717) is 0 Å². The second-order valence-electron chi connectivity index (χ2n) is 5.78. The maximum Gasteiger partial charge on any atom is 0.350 e. The van der Waals surface area contributed by atoms with Crippen molar-refractivity contribution < 1.29 is 37.6 Å². The highest BCUT2D eigenvalue weighted by molar-refractivity contribution is 7.06. The second kappa shape index (κ2) is 9.39. The summed E-state index contributed by atoms with van der Waals surface area (Å²) >= 11 is 1.69. The number of ether oxygens (including phenoxy) is 1. The van der Waals surface area contributed by atoms with Crippen LogP contribution in [0.2, 0.25) is 0 Å². The predicted molar refractivity (Wildman–Crippen MR) is 92.1 cm³/mol. The fourth-order valence-corrected chi connectivity index (χ4v) is 3.72. The zero-order valence-electron chi connectivity index (χ0n) is 14.8. The van der Waals surface area contributed by atoms with E-state index in [4.69, 9.17) is 28.4 Å². The molecule has 4 rings (SSSR count). The number of aromatic nitrogens is 2. The summed E-state index contributed by atoms with van der Waals surface area (Å²) in [4.78, 5) is 7.24. The number of benzene rings is 2. The van der Waals surface area contributed by atoms with Gasteiger partial charge in [-0.15, -0.1) is 14.2 Å². The summed E-state index contributed by atoms with van der Waals surface area (Å²) in [6.07, 6.45) is 0. The van der Waals surface area contributed by atoms with Gasteiger partial charge in [0, 0.05) is 13.1 Å². The van der Waals surface area contributed by atoms with Crippen LogP contribution in [0.5, 0.6) is 0 Å². The van der Waals surface area contributed by atoms with Gasteiger partial charge in [-0.2, -0.15) is 0 Å². The van der Waals surface area contributed by atoms with Gasteiger partial charge in [0.15, 0.2) is 0 Å². The summed E-state index contributed by atoms with van der Waals surface area (Å²) in [5, 5.41) is 1.05. The summed E-state index contributed by atoms with van der Waals surface area (Å²) < 4.78 is 41.6. The number of halogens is 1. The number of para-hydroxylation sites is 1. The molecule has 0 bridgehead atoms. The molecule has 0 saturated carbocycles. The SMILES string of the molecule is [O-][Cl+3]([O-])([O-])[O-].c1ccc(-c2nc(N3CCOCC3)s[n+]2-c2ccccc2)cc1. The van der Waals surface area contributed by atoms with Gasteiger partial charge in [-0.25, -0.2) is 18.6 Å². The first kappa shape index (κ1) is 20.6. The van der Waals surface area contributed by atoms with Gasteiger partial charge in [0.05, 0.1) is 18.8 Å². The van der Waals surface area contributed by atoms with Gasteiger partial charge in [-0.1, -0.05) is 36.4 Å². The van der Waals surface area contributed by atoms with E-state index in [1.807, 2.05) is 12.1 Å². The number of anilines is 1. The van der Waals surface area contributed by atoms with E-state index in [1.54, 1.807) is 11.5 Å². The summed E-state index contributed by atoms with van der Waals surface area (Å²) in [5.74, 6) is 0.989. The maximum absolute atomic E-state index is 8.49. The molecular formula is C18H18ClN3O5S. The van der Waals surface area contributed by atoms with Crippen LogP contribution in [-0.4, -0.2) is 31.3 Å². The van der Waals surface area contributed by atoms with E-state index >= 15 is 0 Å². The van der Waals surface area contributed by atoms with Crippen molar-refractivity contribution in [3.8, 4) is 17.1 Å². The molecule has 28 heavy (non-hydrogen) atoms. The number of nitrogens with zero attached hydrogens (tertiary/aromatic N) is 3. The average molecular weight is 424 g/mol. The van der Waals surface area contributed by atoms with E-state index in [9.17, 15) is 0 Å². The van der Waals surface area contributed by atoms with Gasteiger partial charge in [-0.05, 0) is 29.2 Å². The van der Waals surface area contributed by atoms with Crippen molar-refractivity contribution in [2.75, 3.05) is 31.2 Å². The van der Waals surface area contributed by atoms with Crippen LogP contribution in [0.4, 0.5) is 5.13 Å². The van der Waals surface area contributed by atoms with Gasteiger partial charge < -0.3 is 9.64 Å². The van der Waals surface area contributed by atoms with E-state index < -0.39 is 10.2 Å². The van der Waals surface area contributed by atoms with Crippen molar-refractivity contribution in [3.63, 3.8) is 0 Å². The standard InChI is InChI=1S/C18H18N3OS.ClHO4/c1-3-7-15(8-4-1)17-19-18(20-11-13-22-14-12-20)23-21(17)16-9-5-2-6-10-16;2-1(3,4)5/h1-10H,11-14H2;(H,2,3,4,5)/q+1;/p-1. The lowest BCUT2D eigenvalue weighted by molar-refractivity contribution is -2.00. The van der Waals surface area contributed by atoms with Crippen molar-refractivity contribution in [2.45, 2.75) is 0 Å². The monoisotopic (exact) mass is 423 g/mol. The van der Waals surface area contributed by atoms with Crippen LogP contribution < -0.4 is 27.5 Å². The van der Waals surface area contributed by atoms with Crippen molar-refractivity contribution >= 4 is 16.7 Å². The molecule has 0 amide bonds. The summed E-state index contributed by atoms with van der Waals surface area (Å²) in [5.41, 5.74) is 2.27. The number of morpholine rings is 1. The molecule has 2 aromatic carbocycles. The molecule has 0 aliphatic carbocycles. The highest BCUT2D eigenvalue weighted by atomic mass is 35.7. The zero-order chi connectivity index (χ0) is 20.0. The molecule has 2 heterocycles. The van der Waals surface area contributed by atoms with Crippen LogP contribution in [0, 0.1) is 10.2 Å². The molecular weight excluding hydrogens is 406 g/mol. The Bertz CT molecular complexity index is 805. The van der Waals surface area contributed by atoms with E-state index in [0.717, 1.165) is 48.5 Å². The Morgan fingerprint density at radius 1 is 0.893 bits per heavy atom. The minimum Gasteiger partial charge on any atom is -0.378 e. The first-order chi connectivity index (χ1) is 13.4. The lowest BCUT2D eigenvalue weighted by atomic mass is 10.2. The van der Waals surface area contributed by atoms with Crippen LogP contribution >= 0.6 is 11.5 Å². The third kappa shape index (κ3) is 5.94. The lowest BCUT2D eigenvalue weighted by Gasteiger charge is -2.23. The smallest absolute Gasteiger partial charge is 0.350 e. The lowest BCUT2D eigenvalue weighted by Crippen LogP contribution is -2.68. The average Bonchev–Trinajstić information content (AvgIpc) is 3.14. The number of hydrogen-bond acceptors (Lipinski definition) is 8. The Morgan fingerprint density at radius 2 is 1.43 bits per heavy atom. The number of hydrogen-bond donors (Lipinski definition) is 0. The van der Waals surface area contributed by atoms with Crippen molar-refractivity contribution in [1.82, 2.24) is 4.98 Å². The summed E-state index contributed by atoms with van der Waals surface area (Å²) in [6, 6.07) is 20.8. The first-order valence-electron chi connectivity index (χ1n) is 8.40. The predicted octanol–water partition coefficient (Wildman–Crippen LogP) is -1.83. The summed E-state index contributed by atoms with van der Waals surface area (Å²) in [7, 11) is -4.94. The van der Waals surface area contributed by atoms with Gasteiger partial charge in [0.1, 0.15) is 17.2 Å². The maximum atomic E-state index is 8.49. The molecule has 1 fully saturated rings. The third-order valence-electron chi connectivity index (χ3n) is 3.87. The Hall–Kier alpha value is -2.11. The van der Waals surface area contributed by atoms with Crippen molar-refractivity contribution in [3.05, 3.63) is 60.7 Å². The Balaban J connectivity index is 0.000000403. The molecule has 0 radical (unpaired) electrons. The Morgan fingerprint density at radius 3 is 2.00 bits per heavy atom. The minimum absolute atomic E-state index is 0.769. The molecule has 0 unspecified atom stereocenters. The topological polar surface area (TPSA) is 121 Å². The number of rotatable bonds is 3. The summed E-state index contributed by atoms with van der Waals surface area (Å²) in [6.45, 7) is 3.34. The highest BCUT2D eigenvalue weighted by Gasteiger charge is 2.28. The molecule has 148 valence electrons. The zero-order valence-corrected chi connectivity index (χ0v) is 16.3. The molecule has 1 saturated heterocycles. The van der Waals surface area contributed by atoms with Crippen LogP contribution in [0.15, 0.2) is 60.7 Å². The molecule has 10 heteroatoms. The molecule has 0 spiro atoms. The molecule has 0 atom stereocenters. The molecule has 8 nitrogen and oxygen atoms in total. The molecule has 1 aliphatic heterocycles. The quantitative estimate of drug-likeness (QED) is 0.454. The third-order valence-corrected chi connectivity index (χ3v) is 4.95. The molecule has 3 aromatic rings. The highest BCUT2D eigenvalue weighted by Crippen LogP contribution is 2.24. The Kier molecular flexibility index (Phi) is 6.92. The van der Waals surface area contributed by atoms with Crippen LogP contribution in [0.1, 0.15) is 0 Å². The molecule has 1 aromatic heterocycles. The fourth-order valence-electron chi connectivity index (χ4n) is 2.67. The second-order valence-corrected chi connectivity index (χ2v) is 7.45. The normalized spacial score (nSPS) is 14.4. The van der Waals surface area contributed by atoms with Crippen LogP contribution in [-0.2, 0) is 4.74 Å². The minimum atomic E-state index is -4.94. The van der Waals surface area contributed by atoms with Gasteiger partial charge >= 0.3 is 11.0 Å². The van der Waals surface area contributed by atoms with E-state index in [1.165, 1.54) is 0 Å². The largest absolute Gasteiger partial charge is 0.378 e.